The Hall–Kier alpha value is -0.570. The third kappa shape index (κ3) is 4.27. The SMILES string of the molecule is CC(C)NCC(=O)NC(C)C1CC1. The minimum Gasteiger partial charge on any atom is -0.352 e. The van der Waals surface area contributed by atoms with E-state index in [0.29, 0.717) is 18.6 Å². The second kappa shape index (κ2) is 4.61. The van der Waals surface area contributed by atoms with Crippen molar-refractivity contribution in [3.05, 3.63) is 0 Å². The van der Waals surface area contributed by atoms with E-state index < -0.39 is 0 Å². The highest BCUT2D eigenvalue weighted by Gasteiger charge is 2.28. The summed E-state index contributed by atoms with van der Waals surface area (Å²) in [7, 11) is 0. The zero-order valence-corrected chi connectivity index (χ0v) is 8.76. The maximum atomic E-state index is 11.3. The van der Waals surface area contributed by atoms with Crippen molar-refractivity contribution in [1.82, 2.24) is 10.6 Å². The molecule has 0 bridgehead atoms. The Bertz CT molecular complexity index is 176. The minimum atomic E-state index is 0.119. The lowest BCUT2D eigenvalue weighted by molar-refractivity contribution is -0.121. The van der Waals surface area contributed by atoms with Gasteiger partial charge in [0.15, 0.2) is 0 Å². The van der Waals surface area contributed by atoms with Gasteiger partial charge in [0.05, 0.1) is 6.54 Å². The highest BCUT2D eigenvalue weighted by Crippen LogP contribution is 2.32. The number of amides is 1. The Morgan fingerprint density at radius 1 is 1.38 bits per heavy atom. The maximum absolute atomic E-state index is 11.3. The summed E-state index contributed by atoms with van der Waals surface area (Å²) in [5.41, 5.74) is 0. The Morgan fingerprint density at radius 3 is 2.46 bits per heavy atom. The molecule has 1 unspecified atom stereocenters. The van der Waals surface area contributed by atoms with Crippen LogP contribution in [0.25, 0.3) is 0 Å². The molecule has 1 atom stereocenters. The molecule has 0 heterocycles. The van der Waals surface area contributed by atoms with E-state index in [2.05, 4.69) is 17.6 Å². The van der Waals surface area contributed by atoms with Crippen molar-refractivity contribution in [2.45, 2.75) is 45.7 Å². The summed E-state index contributed by atoms with van der Waals surface area (Å²) >= 11 is 0. The van der Waals surface area contributed by atoms with Crippen molar-refractivity contribution in [3.8, 4) is 0 Å². The van der Waals surface area contributed by atoms with Crippen molar-refractivity contribution >= 4 is 5.91 Å². The van der Waals surface area contributed by atoms with Gasteiger partial charge in [0.2, 0.25) is 5.91 Å². The Balaban J connectivity index is 2.09. The summed E-state index contributed by atoms with van der Waals surface area (Å²) in [6.07, 6.45) is 2.55. The second-order valence-electron chi connectivity index (χ2n) is 4.23. The molecule has 1 saturated carbocycles. The Labute approximate surface area is 80.3 Å². The van der Waals surface area contributed by atoms with Crippen LogP contribution in [0, 0.1) is 5.92 Å². The van der Waals surface area contributed by atoms with Crippen LogP contribution in [-0.4, -0.2) is 24.5 Å². The first-order valence-corrected chi connectivity index (χ1v) is 5.12. The first-order valence-electron chi connectivity index (χ1n) is 5.12. The molecule has 76 valence electrons. The molecule has 1 rings (SSSR count). The number of carbonyl (C=O) groups is 1. The Morgan fingerprint density at radius 2 is 2.00 bits per heavy atom. The Kier molecular flexibility index (Phi) is 3.72. The van der Waals surface area contributed by atoms with Gasteiger partial charge in [-0.15, -0.1) is 0 Å². The molecule has 0 radical (unpaired) electrons. The van der Waals surface area contributed by atoms with Crippen LogP contribution in [0.15, 0.2) is 0 Å². The highest BCUT2D eigenvalue weighted by atomic mass is 16.1. The summed E-state index contributed by atoms with van der Waals surface area (Å²) in [4.78, 5) is 11.3. The van der Waals surface area contributed by atoms with Crippen molar-refractivity contribution in [2.75, 3.05) is 6.54 Å². The summed E-state index contributed by atoms with van der Waals surface area (Å²) in [5.74, 6) is 0.857. The number of nitrogens with one attached hydrogen (secondary N) is 2. The standard InChI is InChI=1S/C10H20N2O/c1-7(2)11-6-10(13)12-8(3)9-4-5-9/h7-9,11H,4-6H2,1-3H3,(H,12,13). The monoisotopic (exact) mass is 184 g/mol. The average molecular weight is 184 g/mol. The maximum Gasteiger partial charge on any atom is 0.234 e. The van der Waals surface area contributed by atoms with Gasteiger partial charge in [-0.3, -0.25) is 4.79 Å². The number of rotatable bonds is 5. The van der Waals surface area contributed by atoms with Gasteiger partial charge < -0.3 is 10.6 Å². The fraction of sp³-hybridized carbons (Fsp3) is 0.900. The lowest BCUT2D eigenvalue weighted by atomic mass is 10.2. The first kappa shape index (κ1) is 10.5. The van der Waals surface area contributed by atoms with E-state index in [4.69, 9.17) is 0 Å². The van der Waals surface area contributed by atoms with Crippen LogP contribution in [0.4, 0.5) is 0 Å². The summed E-state index contributed by atoms with van der Waals surface area (Å²) in [6.45, 7) is 6.61. The number of carbonyl (C=O) groups excluding carboxylic acids is 1. The number of hydrogen-bond donors (Lipinski definition) is 2. The smallest absolute Gasteiger partial charge is 0.234 e. The summed E-state index contributed by atoms with van der Waals surface area (Å²) < 4.78 is 0. The van der Waals surface area contributed by atoms with Gasteiger partial charge in [-0.25, -0.2) is 0 Å². The van der Waals surface area contributed by atoms with Crippen LogP contribution < -0.4 is 10.6 Å². The molecule has 0 spiro atoms. The molecule has 0 aromatic heterocycles. The van der Waals surface area contributed by atoms with Crippen molar-refractivity contribution in [1.29, 1.82) is 0 Å². The predicted octanol–water partition coefficient (Wildman–Crippen LogP) is 0.899. The van der Waals surface area contributed by atoms with Gasteiger partial charge in [0.1, 0.15) is 0 Å². The van der Waals surface area contributed by atoms with E-state index in [0.717, 1.165) is 5.92 Å². The van der Waals surface area contributed by atoms with E-state index in [9.17, 15) is 4.79 Å². The fourth-order valence-electron chi connectivity index (χ4n) is 1.32. The molecule has 1 fully saturated rings. The van der Waals surface area contributed by atoms with Crippen LogP contribution in [0.1, 0.15) is 33.6 Å². The zero-order chi connectivity index (χ0) is 9.84. The molecule has 0 aromatic carbocycles. The molecule has 1 aliphatic rings. The van der Waals surface area contributed by atoms with Crippen molar-refractivity contribution < 1.29 is 4.79 Å². The predicted molar refractivity (Wildman–Crippen MR) is 53.5 cm³/mol. The molecular weight excluding hydrogens is 164 g/mol. The third-order valence-corrected chi connectivity index (χ3v) is 2.39. The van der Waals surface area contributed by atoms with Crippen molar-refractivity contribution in [2.24, 2.45) is 5.92 Å². The van der Waals surface area contributed by atoms with Crippen LogP contribution >= 0.6 is 0 Å². The van der Waals surface area contributed by atoms with Gasteiger partial charge in [-0.05, 0) is 25.7 Å². The molecule has 1 amide bonds. The lowest BCUT2D eigenvalue weighted by Gasteiger charge is -2.14. The summed E-state index contributed by atoms with van der Waals surface area (Å²) in [6, 6.07) is 0.739. The topological polar surface area (TPSA) is 41.1 Å². The highest BCUT2D eigenvalue weighted by molar-refractivity contribution is 5.78. The van der Waals surface area contributed by atoms with Gasteiger partial charge in [0, 0.05) is 12.1 Å². The van der Waals surface area contributed by atoms with Gasteiger partial charge in [-0.2, -0.15) is 0 Å². The second-order valence-corrected chi connectivity index (χ2v) is 4.23. The molecule has 0 aliphatic heterocycles. The van der Waals surface area contributed by atoms with E-state index >= 15 is 0 Å². The summed E-state index contributed by atoms with van der Waals surface area (Å²) in [5, 5.41) is 6.09. The van der Waals surface area contributed by atoms with Crippen LogP contribution in [0.2, 0.25) is 0 Å². The van der Waals surface area contributed by atoms with E-state index in [-0.39, 0.29) is 5.91 Å². The molecule has 0 saturated heterocycles. The van der Waals surface area contributed by atoms with Crippen LogP contribution in [-0.2, 0) is 4.79 Å². The van der Waals surface area contributed by atoms with E-state index in [1.165, 1.54) is 12.8 Å². The molecular formula is C10H20N2O. The fourth-order valence-corrected chi connectivity index (χ4v) is 1.32. The molecule has 3 nitrogen and oxygen atoms in total. The van der Waals surface area contributed by atoms with Crippen molar-refractivity contribution in [3.63, 3.8) is 0 Å². The van der Waals surface area contributed by atoms with Crippen LogP contribution in [0.5, 0.6) is 0 Å². The third-order valence-electron chi connectivity index (χ3n) is 2.39. The minimum absolute atomic E-state index is 0.119. The number of hydrogen-bond acceptors (Lipinski definition) is 2. The zero-order valence-electron chi connectivity index (χ0n) is 8.76. The molecule has 0 aromatic rings. The first-order chi connectivity index (χ1) is 6.09. The molecule has 3 heteroatoms. The van der Waals surface area contributed by atoms with Gasteiger partial charge in [-0.1, -0.05) is 13.8 Å². The van der Waals surface area contributed by atoms with E-state index in [1.54, 1.807) is 0 Å². The normalized spacial score (nSPS) is 18.8. The van der Waals surface area contributed by atoms with Crippen LogP contribution in [0.3, 0.4) is 0 Å². The molecule has 2 N–H and O–H groups in total. The van der Waals surface area contributed by atoms with Gasteiger partial charge in [0.25, 0.3) is 0 Å². The quantitative estimate of drug-likeness (QED) is 0.666. The molecule has 13 heavy (non-hydrogen) atoms. The average Bonchev–Trinajstić information content (AvgIpc) is 2.82. The lowest BCUT2D eigenvalue weighted by Crippen LogP contribution is -2.41. The van der Waals surface area contributed by atoms with Gasteiger partial charge >= 0.3 is 0 Å². The molecule has 1 aliphatic carbocycles. The largest absolute Gasteiger partial charge is 0.352 e. The van der Waals surface area contributed by atoms with E-state index in [1.807, 2.05) is 13.8 Å².